The number of nitrogens with one attached hydrogen (secondary N) is 3. The van der Waals surface area contributed by atoms with Gasteiger partial charge in [0.25, 0.3) is 5.91 Å². The molecule has 0 bridgehead atoms. The van der Waals surface area contributed by atoms with E-state index in [-0.39, 0.29) is 18.4 Å². The lowest BCUT2D eigenvalue weighted by Crippen LogP contribution is -2.24. The van der Waals surface area contributed by atoms with Crippen LogP contribution in [0.3, 0.4) is 0 Å². The van der Waals surface area contributed by atoms with E-state index in [1.165, 1.54) is 0 Å². The molecule has 0 saturated carbocycles. The third-order valence-electron chi connectivity index (χ3n) is 4.50. The highest BCUT2D eigenvalue weighted by atomic mass is 16.5. The van der Waals surface area contributed by atoms with Gasteiger partial charge >= 0.3 is 0 Å². The first-order chi connectivity index (χ1) is 15.1. The topological polar surface area (TPSA) is 79.5 Å². The number of ether oxygens (including phenoxy) is 1. The molecule has 0 fully saturated rings. The van der Waals surface area contributed by atoms with Gasteiger partial charge in [0, 0.05) is 29.5 Å². The van der Waals surface area contributed by atoms with Crippen LogP contribution in [-0.2, 0) is 11.4 Å². The Hall–Kier alpha value is -3.80. The molecular formula is C25H27N3O3. The molecule has 0 spiro atoms. The highest BCUT2D eigenvalue weighted by Crippen LogP contribution is 2.18. The van der Waals surface area contributed by atoms with Gasteiger partial charge in [-0.2, -0.15) is 0 Å². The third-order valence-corrected chi connectivity index (χ3v) is 4.50. The van der Waals surface area contributed by atoms with Crippen molar-refractivity contribution >= 4 is 23.2 Å². The summed E-state index contributed by atoms with van der Waals surface area (Å²) in [5, 5.41) is 8.74. The minimum Gasteiger partial charge on any atom is -0.489 e. The number of benzene rings is 3. The fourth-order valence-electron chi connectivity index (χ4n) is 2.87. The number of anilines is 2. The number of hydrogen-bond acceptors (Lipinski definition) is 4. The van der Waals surface area contributed by atoms with Crippen molar-refractivity contribution in [2.75, 3.05) is 23.7 Å². The van der Waals surface area contributed by atoms with Crippen molar-refractivity contribution in [1.82, 2.24) is 5.32 Å². The lowest BCUT2D eigenvalue weighted by Gasteiger charge is -2.11. The van der Waals surface area contributed by atoms with Crippen molar-refractivity contribution in [3.8, 4) is 5.75 Å². The smallest absolute Gasteiger partial charge is 0.251 e. The number of carbonyl (C=O) groups is 2. The summed E-state index contributed by atoms with van der Waals surface area (Å²) in [5.41, 5.74) is 3.09. The van der Waals surface area contributed by atoms with Gasteiger partial charge in [0.05, 0.1) is 6.54 Å². The fraction of sp³-hybridized carbons (Fsp3) is 0.200. The molecule has 3 aromatic rings. The quantitative estimate of drug-likeness (QED) is 0.455. The second kappa shape index (κ2) is 11.4. The average molecular weight is 418 g/mol. The van der Waals surface area contributed by atoms with E-state index in [0.29, 0.717) is 24.4 Å². The zero-order valence-corrected chi connectivity index (χ0v) is 17.6. The van der Waals surface area contributed by atoms with Crippen LogP contribution < -0.4 is 20.7 Å². The Morgan fingerprint density at radius 3 is 2.39 bits per heavy atom. The van der Waals surface area contributed by atoms with E-state index in [1.54, 1.807) is 24.3 Å². The van der Waals surface area contributed by atoms with Crippen molar-refractivity contribution in [2.45, 2.75) is 20.0 Å². The molecule has 2 amide bonds. The maximum atomic E-state index is 12.3. The molecule has 6 nitrogen and oxygen atoms in total. The van der Waals surface area contributed by atoms with Gasteiger partial charge < -0.3 is 20.7 Å². The van der Waals surface area contributed by atoms with Crippen LogP contribution >= 0.6 is 0 Å². The second-order valence-electron chi connectivity index (χ2n) is 7.04. The van der Waals surface area contributed by atoms with Crippen LogP contribution in [-0.4, -0.2) is 24.9 Å². The molecule has 0 aliphatic rings. The Labute approximate surface area is 182 Å². The molecule has 3 aromatic carbocycles. The molecule has 0 heterocycles. The van der Waals surface area contributed by atoms with E-state index >= 15 is 0 Å². The zero-order chi connectivity index (χ0) is 21.9. The predicted octanol–water partition coefficient (Wildman–Crippen LogP) is 4.46. The highest BCUT2D eigenvalue weighted by Gasteiger charge is 2.07. The maximum absolute atomic E-state index is 12.3. The van der Waals surface area contributed by atoms with Gasteiger partial charge in [-0.05, 0) is 48.4 Å². The summed E-state index contributed by atoms with van der Waals surface area (Å²) in [6, 6.07) is 24.3. The Morgan fingerprint density at radius 1 is 0.871 bits per heavy atom. The van der Waals surface area contributed by atoms with Crippen LogP contribution in [0.4, 0.5) is 11.4 Å². The zero-order valence-electron chi connectivity index (χ0n) is 17.6. The minimum atomic E-state index is -0.182. The van der Waals surface area contributed by atoms with E-state index in [4.69, 9.17) is 4.74 Å². The Kier molecular flexibility index (Phi) is 8.05. The molecule has 0 atom stereocenters. The van der Waals surface area contributed by atoms with Gasteiger partial charge in [0.2, 0.25) is 5.91 Å². The Balaban J connectivity index is 1.46. The monoisotopic (exact) mass is 417 g/mol. The number of amides is 2. The van der Waals surface area contributed by atoms with Crippen LogP contribution in [0, 0.1) is 0 Å². The van der Waals surface area contributed by atoms with Crippen molar-refractivity contribution in [1.29, 1.82) is 0 Å². The average Bonchev–Trinajstić information content (AvgIpc) is 2.81. The van der Waals surface area contributed by atoms with Gasteiger partial charge in [0.1, 0.15) is 12.4 Å². The van der Waals surface area contributed by atoms with Gasteiger partial charge in [-0.25, -0.2) is 0 Å². The van der Waals surface area contributed by atoms with Crippen LogP contribution in [0.2, 0.25) is 0 Å². The predicted molar refractivity (Wildman–Crippen MR) is 123 cm³/mol. The number of carbonyl (C=O) groups excluding carboxylic acids is 2. The van der Waals surface area contributed by atoms with Crippen molar-refractivity contribution in [3.05, 3.63) is 90.0 Å². The Morgan fingerprint density at radius 2 is 1.65 bits per heavy atom. The van der Waals surface area contributed by atoms with Gasteiger partial charge in [-0.15, -0.1) is 0 Å². The van der Waals surface area contributed by atoms with E-state index < -0.39 is 0 Å². The molecule has 31 heavy (non-hydrogen) atoms. The SMILES string of the molecule is CCCNC(=O)c1ccc(NC(=O)CNc2cccc(OCc3ccccc3)c2)cc1. The fourth-order valence-corrected chi connectivity index (χ4v) is 2.87. The van der Waals surface area contributed by atoms with E-state index in [1.807, 2.05) is 61.5 Å². The number of rotatable bonds is 10. The lowest BCUT2D eigenvalue weighted by atomic mass is 10.2. The summed E-state index contributed by atoms with van der Waals surface area (Å²) in [4.78, 5) is 24.2. The summed E-state index contributed by atoms with van der Waals surface area (Å²) in [6.07, 6.45) is 0.884. The lowest BCUT2D eigenvalue weighted by molar-refractivity contribution is -0.114. The number of hydrogen-bond donors (Lipinski definition) is 3. The summed E-state index contributed by atoms with van der Waals surface area (Å²) in [7, 11) is 0. The summed E-state index contributed by atoms with van der Waals surface area (Å²) in [5.74, 6) is 0.431. The maximum Gasteiger partial charge on any atom is 0.251 e. The van der Waals surface area contributed by atoms with Crippen molar-refractivity contribution < 1.29 is 14.3 Å². The first kappa shape index (κ1) is 21.9. The third kappa shape index (κ3) is 7.19. The molecule has 3 rings (SSSR count). The van der Waals surface area contributed by atoms with Crippen LogP contribution in [0.25, 0.3) is 0 Å². The van der Waals surface area contributed by atoms with Crippen LogP contribution in [0.5, 0.6) is 5.75 Å². The van der Waals surface area contributed by atoms with Crippen molar-refractivity contribution in [3.63, 3.8) is 0 Å². The highest BCUT2D eigenvalue weighted by molar-refractivity contribution is 5.96. The molecule has 0 radical (unpaired) electrons. The molecule has 0 unspecified atom stereocenters. The Bertz CT molecular complexity index is 988. The first-order valence-corrected chi connectivity index (χ1v) is 10.3. The molecule has 3 N–H and O–H groups in total. The molecule has 0 aliphatic heterocycles. The van der Waals surface area contributed by atoms with Crippen LogP contribution in [0.15, 0.2) is 78.9 Å². The second-order valence-corrected chi connectivity index (χ2v) is 7.04. The van der Waals surface area contributed by atoms with Crippen LogP contribution in [0.1, 0.15) is 29.3 Å². The van der Waals surface area contributed by atoms with E-state index in [2.05, 4.69) is 16.0 Å². The normalized spacial score (nSPS) is 10.2. The molecule has 0 aliphatic carbocycles. The van der Waals surface area contributed by atoms with E-state index in [9.17, 15) is 9.59 Å². The molecular weight excluding hydrogens is 390 g/mol. The summed E-state index contributed by atoms with van der Waals surface area (Å²) in [6.45, 7) is 3.24. The standard InChI is InChI=1S/C25H27N3O3/c1-2-15-26-25(30)20-11-13-21(14-12-20)28-24(29)17-27-22-9-6-10-23(16-22)31-18-19-7-4-3-5-8-19/h3-14,16,27H,2,15,17-18H2,1H3,(H,26,30)(H,28,29). The molecule has 0 aromatic heterocycles. The van der Waals surface area contributed by atoms with E-state index in [0.717, 1.165) is 23.4 Å². The van der Waals surface area contributed by atoms with Gasteiger partial charge in [-0.3, -0.25) is 9.59 Å². The molecule has 160 valence electrons. The molecule has 0 saturated heterocycles. The minimum absolute atomic E-state index is 0.112. The van der Waals surface area contributed by atoms with Gasteiger partial charge in [0.15, 0.2) is 0 Å². The summed E-state index contributed by atoms with van der Waals surface area (Å²) >= 11 is 0. The largest absolute Gasteiger partial charge is 0.489 e. The first-order valence-electron chi connectivity index (χ1n) is 10.3. The van der Waals surface area contributed by atoms with Crippen molar-refractivity contribution in [2.24, 2.45) is 0 Å². The summed E-state index contributed by atoms with van der Waals surface area (Å²) < 4.78 is 5.82. The van der Waals surface area contributed by atoms with Gasteiger partial charge in [-0.1, -0.05) is 43.3 Å². The molecule has 6 heteroatoms.